The molecule has 3 nitrogen and oxygen atoms in total. The molecule has 1 aliphatic rings. The van der Waals surface area contributed by atoms with Crippen LogP contribution >= 0.6 is 0 Å². The third-order valence-corrected chi connectivity index (χ3v) is 1.83. The average Bonchev–Trinajstić information content (AvgIpc) is 2.17. The zero-order valence-electron chi connectivity index (χ0n) is 6.59. The lowest BCUT2D eigenvalue weighted by molar-refractivity contribution is -0.131. The van der Waals surface area contributed by atoms with E-state index in [1.165, 1.54) is 5.01 Å². The molecular formula is C7H12N2O. The molecular weight excluding hydrogens is 128 g/mol. The van der Waals surface area contributed by atoms with Crippen LogP contribution in [0.2, 0.25) is 0 Å². The summed E-state index contributed by atoms with van der Waals surface area (Å²) in [5, 5.41) is 5.58. The Morgan fingerprint density at radius 2 is 2.30 bits per heavy atom. The van der Waals surface area contributed by atoms with E-state index in [1.54, 1.807) is 0 Å². The zero-order chi connectivity index (χ0) is 7.72. The van der Waals surface area contributed by atoms with Gasteiger partial charge in [-0.05, 0) is 20.8 Å². The van der Waals surface area contributed by atoms with Crippen LogP contribution in [-0.2, 0) is 4.79 Å². The van der Waals surface area contributed by atoms with Crippen molar-refractivity contribution in [1.29, 1.82) is 0 Å². The first-order valence-electron chi connectivity index (χ1n) is 3.53. The van der Waals surface area contributed by atoms with Gasteiger partial charge in [-0.2, -0.15) is 5.10 Å². The third kappa shape index (κ3) is 0.916. The molecule has 0 saturated carbocycles. The quantitative estimate of drug-likeness (QED) is 0.531. The minimum absolute atomic E-state index is 0.0000463. The molecule has 0 aromatic carbocycles. The Bertz CT molecular complexity index is 186. The zero-order valence-corrected chi connectivity index (χ0v) is 6.59. The maximum atomic E-state index is 11.2. The minimum atomic E-state index is -0.0000463. The van der Waals surface area contributed by atoms with Crippen LogP contribution < -0.4 is 0 Å². The summed E-state index contributed by atoms with van der Waals surface area (Å²) in [4.78, 5) is 11.2. The van der Waals surface area contributed by atoms with Crippen molar-refractivity contribution in [2.24, 2.45) is 11.0 Å². The first-order valence-corrected chi connectivity index (χ1v) is 3.53. The maximum Gasteiger partial charge on any atom is 0.251 e. The molecule has 3 heteroatoms. The molecule has 0 radical (unpaired) electrons. The van der Waals surface area contributed by atoms with Crippen molar-refractivity contribution in [1.82, 2.24) is 5.01 Å². The number of carbonyl (C=O) groups excluding carboxylic acids is 1. The number of nitrogens with zero attached hydrogens (tertiary/aromatic N) is 2. The highest BCUT2D eigenvalue weighted by molar-refractivity contribution is 6.06. The Kier molecular flexibility index (Phi) is 1.74. The molecule has 0 aliphatic carbocycles. The largest absolute Gasteiger partial charge is 0.272 e. The minimum Gasteiger partial charge on any atom is -0.272 e. The Balaban J connectivity index is 2.76. The van der Waals surface area contributed by atoms with E-state index in [1.807, 2.05) is 20.8 Å². The second kappa shape index (κ2) is 2.40. The Hall–Kier alpha value is -0.860. The second-order valence-corrected chi connectivity index (χ2v) is 2.52. The normalized spacial score (nSPS) is 25.5. The van der Waals surface area contributed by atoms with Gasteiger partial charge in [0.1, 0.15) is 0 Å². The second-order valence-electron chi connectivity index (χ2n) is 2.52. The van der Waals surface area contributed by atoms with E-state index in [-0.39, 0.29) is 11.8 Å². The highest BCUT2D eigenvalue weighted by atomic mass is 16.2. The Morgan fingerprint density at radius 3 is 2.50 bits per heavy atom. The summed E-state index contributed by atoms with van der Waals surface area (Å²) in [6.45, 7) is 6.38. The van der Waals surface area contributed by atoms with Crippen molar-refractivity contribution in [3.63, 3.8) is 0 Å². The molecule has 1 unspecified atom stereocenters. The van der Waals surface area contributed by atoms with E-state index in [0.717, 1.165) is 5.71 Å². The summed E-state index contributed by atoms with van der Waals surface area (Å²) in [5.41, 5.74) is 0.923. The standard InChI is InChI=1S/C7H12N2O/c1-4-9-7(10)5(2)6(3)8-9/h5H,4H2,1-3H3. The lowest BCUT2D eigenvalue weighted by atomic mass is 10.1. The first kappa shape index (κ1) is 7.25. The summed E-state index contributed by atoms with van der Waals surface area (Å²) in [6, 6.07) is 0. The molecule has 56 valence electrons. The lowest BCUT2D eigenvalue weighted by Crippen LogP contribution is -2.25. The molecule has 0 saturated heterocycles. The van der Waals surface area contributed by atoms with Gasteiger partial charge in [0.15, 0.2) is 0 Å². The van der Waals surface area contributed by atoms with Crippen LogP contribution in [-0.4, -0.2) is 23.2 Å². The molecule has 10 heavy (non-hydrogen) atoms. The Labute approximate surface area is 60.7 Å². The first-order chi connectivity index (χ1) is 4.66. The topological polar surface area (TPSA) is 32.7 Å². The van der Waals surface area contributed by atoms with Gasteiger partial charge in [0, 0.05) is 12.3 Å². The van der Waals surface area contributed by atoms with Crippen molar-refractivity contribution >= 4 is 11.6 Å². The number of hydrazone groups is 1. The van der Waals surface area contributed by atoms with Gasteiger partial charge >= 0.3 is 0 Å². The predicted molar refractivity (Wildman–Crippen MR) is 39.7 cm³/mol. The molecule has 1 amide bonds. The summed E-state index contributed by atoms with van der Waals surface area (Å²) >= 11 is 0. The number of amides is 1. The van der Waals surface area contributed by atoms with E-state index < -0.39 is 0 Å². The monoisotopic (exact) mass is 140 g/mol. The summed E-state index contributed by atoms with van der Waals surface area (Å²) < 4.78 is 0. The van der Waals surface area contributed by atoms with Gasteiger partial charge in [0.25, 0.3) is 5.91 Å². The van der Waals surface area contributed by atoms with Gasteiger partial charge < -0.3 is 0 Å². The fourth-order valence-electron chi connectivity index (χ4n) is 0.955. The Morgan fingerprint density at radius 1 is 1.70 bits per heavy atom. The lowest BCUT2D eigenvalue weighted by Gasteiger charge is -2.07. The van der Waals surface area contributed by atoms with Crippen LogP contribution in [0.5, 0.6) is 0 Å². The molecule has 0 bridgehead atoms. The average molecular weight is 140 g/mol. The molecule has 1 atom stereocenters. The van der Waals surface area contributed by atoms with Crippen molar-refractivity contribution in [2.45, 2.75) is 20.8 Å². The number of hydrogen-bond donors (Lipinski definition) is 0. The van der Waals surface area contributed by atoms with Gasteiger partial charge in [-0.25, -0.2) is 5.01 Å². The van der Waals surface area contributed by atoms with Gasteiger partial charge in [0.2, 0.25) is 0 Å². The van der Waals surface area contributed by atoms with E-state index >= 15 is 0 Å². The SMILES string of the molecule is CCN1N=C(C)C(C)C1=O. The van der Waals surface area contributed by atoms with E-state index in [0.29, 0.717) is 6.54 Å². The van der Waals surface area contributed by atoms with Crippen LogP contribution in [0.3, 0.4) is 0 Å². The third-order valence-electron chi connectivity index (χ3n) is 1.83. The van der Waals surface area contributed by atoms with Crippen molar-refractivity contribution in [3.8, 4) is 0 Å². The molecule has 0 aromatic rings. The molecule has 0 fully saturated rings. The molecule has 0 aromatic heterocycles. The van der Waals surface area contributed by atoms with Gasteiger partial charge in [-0.1, -0.05) is 0 Å². The highest BCUT2D eigenvalue weighted by Crippen LogP contribution is 2.13. The summed E-state index contributed by atoms with van der Waals surface area (Å²) in [5.74, 6) is 0.125. The van der Waals surface area contributed by atoms with Crippen molar-refractivity contribution < 1.29 is 4.79 Å². The van der Waals surface area contributed by atoms with Gasteiger partial charge in [-0.3, -0.25) is 4.79 Å². The molecule has 1 rings (SSSR count). The van der Waals surface area contributed by atoms with Crippen LogP contribution in [0, 0.1) is 5.92 Å². The molecule has 0 spiro atoms. The van der Waals surface area contributed by atoms with Gasteiger partial charge in [0.05, 0.1) is 5.92 Å². The van der Waals surface area contributed by atoms with Gasteiger partial charge in [-0.15, -0.1) is 0 Å². The fourth-order valence-corrected chi connectivity index (χ4v) is 0.955. The smallest absolute Gasteiger partial charge is 0.251 e. The summed E-state index contributed by atoms with van der Waals surface area (Å²) in [6.07, 6.45) is 0. The molecule has 0 N–H and O–H groups in total. The number of hydrogen-bond acceptors (Lipinski definition) is 2. The summed E-state index contributed by atoms with van der Waals surface area (Å²) in [7, 11) is 0. The molecule has 1 heterocycles. The van der Waals surface area contributed by atoms with Crippen LogP contribution in [0.15, 0.2) is 5.10 Å². The van der Waals surface area contributed by atoms with Crippen LogP contribution in [0.25, 0.3) is 0 Å². The fraction of sp³-hybridized carbons (Fsp3) is 0.714. The van der Waals surface area contributed by atoms with Crippen LogP contribution in [0.4, 0.5) is 0 Å². The number of carbonyl (C=O) groups is 1. The van der Waals surface area contributed by atoms with Crippen molar-refractivity contribution in [2.75, 3.05) is 6.54 Å². The van der Waals surface area contributed by atoms with E-state index in [9.17, 15) is 4.79 Å². The highest BCUT2D eigenvalue weighted by Gasteiger charge is 2.27. The van der Waals surface area contributed by atoms with E-state index in [4.69, 9.17) is 0 Å². The maximum absolute atomic E-state index is 11.2. The van der Waals surface area contributed by atoms with Crippen molar-refractivity contribution in [3.05, 3.63) is 0 Å². The van der Waals surface area contributed by atoms with Crippen LogP contribution in [0.1, 0.15) is 20.8 Å². The number of rotatable bonds is 1. The predicted octanol–water partition coefficient (Wildman–Crippen LogP) is 0.861. The molecule has 1 aliphatic heterocycles. The van der Waals surface area contributed by atoms with E-state index in [2.05, 4.69) is 5.10 Å².